The van der Waals surface area contributed by atoms with E-state index in [0.29, 0.717) is 0 Å². The maximum Gasteiger partial charge on any atom is 0.164 e. The Morgan fingerprint density at radius 1 is 0.383 bits per heavy atom. The van der Waals surface area contributed by atoms with Gasteiger partial charge in [0.05, 0.1) is 5.41 Å². The van der Waals surface area contributed by atoms with Gasteiger partial charge in [0.15, 0.2) is 11.6 Å². The molecule has 4 heteroatoms. The molecule has 0 amide bonds. The summed E-state index contributed by atoms with van der Waals surface area (Å²) in [5.74, 6) is 6.64. The van der Waals surface area contributed by atoms with Crippen LogP contribution in [0.4, 0.5) is 0 Å². The van der Waals surface area contributed by atoms with E-state index in [-0.39, 0.29) is 5.41 Å². The van der Waals surface area contributed by atoms with Crippen LogP contribution >= 0.6 is 0 Å². The van der Waals surface area contributed by atoms with E-state index in [0.717, 1.165) is 74.5 Å². The molecule has 1 aliphatic heterocycles. The van der Waals surface area contributed by atoms with Crippen molar-refractivity contribution in [1.29, 1.82) is 0 Å². The summed E-state index contributed by atoms with van der Waals surface area (Å²) in [5.41, 5.74) is 13.5. The molecule has 7 aromatic carbocycles. The first-order valence-corrected chi connectivity index (χ1v) is 21.8. The van der Waals surface area contributed by atoms with Crippen LogP contribution < -0.4 is 4.74 Å². The minimum absolute atomic E-state index is 0.00272. The highest BCUT2D eigenvalue weighted by Crippen LogP contribution is 2.63. The molecule has 5 aliphatic carbocycles. The lowest BCUT2D eigenvalue weighted by atomic mass is 9.49. The Bertz CT molecular complexity index is 2940. The quantitative estimate of drug-likeness (QED) is 0.175. The van der Waals surface area contributed by atoms with Gasteiger partial charge in [-0.25, -0.2) is 15.0 Å². The van der Waals surface area contributed by atoms with Crippen molar-refractivity contribution in [2.24, 2.45) is 17.8 Å². The number of nitrogens with zero attached hydrogens (tertiary/aromatic N) is 3. The van der Waals surface area contributed by atoms with E-state index in [1.165, 1.54) is 77.5 Å². The second-order valence-electron chi connectivity index (χ2n) is 18.1. The maximum absolute atomic E-state index is 6.64. The molecular weight excluding hydrogens is 731 g/mol. The van der Waals surface area contributed by atoms with Gasteiger partial charge in [0.1, 0.15) is 17.3 Å². The van der Waals surface area contributed by atoms with Gasteiger partial charge in [0.2, 0.25) is 0 Å². The number of rotatable bonds is 5. The van der Waals surface area contributed by atoms with Crippen LogP contribution in [-0.2, 0) is 10.8 Å². The van der Waals surface area contributed by atoms with Crippen molar-refractivity contribution in [3.05, 3.63) is 198 Å². The molecule has 8 aromatic rings. The van der Waals surface area contributed by atoms with Gasteiger partial charge in [-0.1, -0.05) is 146 Å². The number of fused-ring (bicyclic) bond motifs is 9. The average Bonchev–Trinajstić information content (AvgIpc) is 3.59. The van der Waals surface area contributed by atoms with Crippen LogP contribution in [0.5, 0.6) is 11.5 Å². The van der Waals surface area contributed by atoms with Gasteiger partial charge in [-0.05, 0) is 125 Å². The third-order valence-electron chi connectivity index (χ3n) is 14.7. The van der Waals surface area contributed by atoms with E-state index in [1.807, 2.05) is 0 Å². The number of ether oxygens (including phenoxy) is 1. The van der Waals surface area contributed by atoms with Crippen LogP contribution in [-0.4, -0.2) is 15.0 Å². The van der Waals surface area contributed by atoms with Crippen molar-refractivity contribution in [3.63, 3.8) is 0 Å². The number of benzene rings is 7. The smallest absolute Gasteiger partial charge is 0.164 e. The molecule has 4 bridgehead atoms. The molecule has 0 N–H and O–H groups in total. The van der Waals surface area contributed by atoms with Crippen LogP contribution in [0.1, 0.15) is 66.6 Å². The zero-order valence-electron chi connectivity index (χ0n) is 33.4. The highest BCUT2D eigenvalue weighted by atomic mass is 16.5. The van der Waals surface area contributed by atoms with Gasteiger partial charge in [-0.3, -0.25) is 0 Å². The first kappa shape index (κ1) is 34.2. The molecule has 4 saturated carbocycles. The Kier molecular flexibility index (Phi) is 7.37. The molecule has 1 aromatic heterocycles. The van der Waals surface area contributed by atoms with Gasteiger partial charge in [-0.15, -0.1) is 0 Å². The van der Waals surface area contributed by atoms with Gasteiger partial charge in [-0.2, -0.15) is 0 Å². The molecule has 0 atom stereocenters. The zero-order valence-corrected chi connectivity index (χ0v) is 33.4. The van der Waals surface area contributed by atoms with Gasteiger partial charge in [0, 0.05) is 27.7 Å². The highest BCUT2D eigenvalue weighted by molar-refractivity contribution is 5.92. The predicted molar refractivity (Wildman–Crippen MR) is 239 cm³/mol. The maximum atomic E-state index is 6.64. The van der Waals surface area contributed by atoms with Crippen molar-refractivity contribution in [3.8, 4) is 67.7 Å². The van der Waals surface area contributed by atoms with E-state index in [1.54, 1.807) is 0 Å². The lowest BCUT2D eigenvalue weighted by Crippen LogP contribution is -2.49. The Hall–Kier alpha value is -6.65. The molecule has 0 unspecified atom stereocenters. The number of aromatic nitrogens is 3. The second-order valence-corrected chi connectivity index (χ2v) is 18.1. The zero-order chi connectivity index (χ0) is 39.4. The summed E-state index contributed by atoms with van der Waals surface area (Å²) >= 11 is 0. The van der Waals surface area contributed by atoms with E-state index in [2.05, 4.69) is 170 Å². The molecular formula is C56H43N3O. The molecule has 4 nitrogen and oxygen atoms in total. The molecule has 4 fully saturated rings. The van der Waals surface area contributed by atoms with Crippen LogP contribution in [0.3, 0.4) is 0 Å². The third kappa shape index (κ3) is 5.00. The fourth-order valence-electron chi connectivity index (χ4n) is 12.7. The number of para-hydroxylation sites is 2. The fraction of sp³-hybridized carbons (Fsp3) is 0.196. The Morgan fingerprint density at radius 2 is 0.933 bits per heavy atom. The molecule has 0 saturated heterocycles. The van der Waals surface area contributed by atoms with Crippen molar-refractivity contribution in [1.82, 2.24) is 15.0 Å². The van der Waals surface area contributed by atoms with Crippen LogP contribution in [0.15, 0.2) is 170 Å². The summed E-state index contributed by atoms with van der Waals surface area (Å²) in [6, 6.07) is 61.3. The molecule has 14 rings (SSSR count). The van der Waals surface area contributed by atoms with Gasteiger partial charge < -0.3 is 4.74 Å². The number of hydrogen-bond donors (Lipinski definition) is 0. The van der Waals surface area contributed by atoms with Gasteiger partial charge in [0.25, 0.3) is 0 Å². The van der Waals surface area contributed by atoms with Crippen LogP contribution in [0, 0.1) is 17.8 Å². The van der Waals surface area contributed by atoms with E-state index >= 15 is 0 Å². The minimum atomic E-state index is -0.544. The number of hydrogen-bond acceptors (Lipinski definition) is 4. The summed E-state index contributed by atoms with van der Waals surface area (Å²) in [6.07, 6.45) is 7.68. The summed E-state index contributed by atoms with van der Waals surface area (Å²) < 4.78 is 6.64. The van der Waals surface area contributed by atoms with E-state index in [4.69, 9.17) is 19.7 Å². The fourth-order valence-corrected chi connectivity index (χ4v) is 12.7. The van der Waals surface area contributed by atoms with E-state index < -0.39 is 5.41 Å². The largest absolute Gasteiger partial charge is 0.457 e. The Balaban J connectivity index is 1.01. The third-order valence-corrected chi connectivity index (χ3v) is 14.7. The topological polar surface area (TPSA) is 47.9 Å². The van der Waals surface area contributed by atoms with Crippen LogP contribution in [0.25, 0.3) is 56.2 Å². The van der Waals surface area contributed by atoms with E-state index in [9.17, 15) is 0 Å². The second kappa shape index (κ2) is 12.9. The lowest BCUT2D eigenvalue weighted by Gasteiger charge is -2.56. The van der Waals surface area contributed by atoms with Crippen molar-refractivity contribution < 1.29 is 4.74 Å². The molecule has 6 aliphatic rings. The van der Waals surface area contributed by atoms with Crippen molar-refractivity contribution in [2.45, 2.75) is 49.4 Å². The Morgan fingerprint density at radius 3 is 1.65 bits per heavy atom. The predicted octanol–water partition coefficient (Wildman–Crippen LogP) is 13.5. The minimum Gasteiger partial charge on any atom is -0.457 e. The molecule has 2 heterocycles. The molecule has 0 radical (unpaired) electrons. The van der Waals surface area contributed by atoms with Crippen LogP contribution in [0.2, 0.25) is 0 Å². The highest BCUT2D eigenvalue weighted by Gasteiger charge is 2.54. The monoisotopic (exact) mass is 773 g/mol. The Labute approximate surface area is 351 Å². The SMILES string of the molecule is c1ccc(-c2cccc(-c3nc(-c4ccccc4-c4ccc5c(c4)C4(c6ccccc6Oc6ccccc64)c4ccccc4-5)nc(C45CC6C[C@H](C4)C[C@H](C6)C5)n3)c2)cc1. The summed E-state index contributed by atoms with van der Waals surface area (Å²) in [7, 11) is 0. The molecule has 1 spiro atoms. The average molecular weight is 774 g/mol. The lowest BCUT2D eigenvalue weighted by molar-refractivity contribution is -0.00938. The summed E-state index contributed by atoms with van der Waals surface area (Å²) in [5, 5.41) is 0. The summed E-state index contributed by atoms with van der Waals surface area (Å²) in [6.45, 7) is 0. The van der Waals surface area contributed by atoms with Gasteiger partial charge >= 0.3 is 0 Å². The summed E-state index contributed by atoms with van der Waals surface area (Å²) in [4.78, 5) is 16.5. The standard InChI is InChI=1S/C56H43N3O/c1-2-13-38(14-3-1)39-15-12-16-41(30-39)52-57-53(59-54(58-52)55-32-35-27-36(33-55)29-37(28-35)34-55)45-19-5-4-17-42(45)40-25-26-44-43-18-6-7-20-46(43)56(49(44)31-40)47-21-8-10-23-50(47)60-51-24-11-9-22-48(51)56/h1-26,30-31,35-37H,27-29,32-34H2/t35-,36-,37?,55?/m1/s1. The molecule has 60 heavy (non-hydrogen) atoms. The molecule has 288 valence electrons. The normalized spacial score (nSPS) is 22.1. The first-order valence-electron chi connectivity index (χ1n) is 21.8. The first-order chi connectivity index (χ1) is 29.6. The van der Waals surface area contributed by atoms with Crippen molar-refractivity contribution in [2.75, 3.05) is 0 Å². The van der Waals surface area contributed by atoms with Crippen molar-refractivity contribution >= 4 is 0 Å².